The summed E-state index contributed by atoms with van der Waals surface area (Å²) in [6, 6.07) is 0. The molecule has 5 unspecified atom stereocenters. The van der Waals surface area contributed by atoms with Crippen molar-refractivity contribution in [3.63, 3.8) is 0 Å². The van der Waals surface area contributed by atoms with Crippen molar-refractivity contribution >= 4 is 0 Å². The van der Waals surface area contributed by atoms with Crippen molar-refractivity contribution in [3.8, 4) is 0 Å². The first-order valence-electron chi connectivity index (χ1n) is 11.9. The molecule has 170 valence electrons. The van der Waals surface area contributed by atoms with Crippen molar-refractivity contribution in [1.29, 1.82) is 0 Å². The van der Waals surface area contributed by atoms with Gasteiger partial charge in [0.15, 0.2) is 0 Å². The zero-order valence-corrected chi connectivity index (χ0v) is 18.6. The third-order valence-corrected chi connectivity index (χ3v) is 6.64. The van der Waals surface area contributed by atoms with Crippen LogP contribution >= 0.6 is 0 Å². The topological polar surface area (TPSA) is 55.4 Å². The molecule has 4 aliphatic rings. The Labute approximate surface area is 176 Å². The molecule has 0 N–H and O–H groups in total. The number of hydrogen-bond donors (Lipinski definition) is 0. The second-order valence-corrected chi connectivity index (χ2v) is 8.63. The summed E-state index contributed by atoms with van der Waals surface area (Å²) in [6.07, 6.45) is 7.40. The summed E-state index contributed by atoms with van der Waals surface area (Å²) in [7, 11) is 0. The maximum absolute atomic E-state index is 6.29. The predicted molar refractivity (Wildman–Crippen MR) is 111 cm³/mol. The van der Waals surface area contributed by atoms with Gasteiger partial charge in [0.2, 0.25) is 0 Å². The van der Waals surface area contributed by atoms with Crippen LogP contribution < -0.4 is 0 Å². The molecule has 5 atom stereocenters. The van der Waals surface area contributed by atoms with Gasteiger partial charge < -0.3 is 28.4 Å². The fourth-order valence-electron chi connectivity index (χ4n) is 5.20. The minimum atomic E-state index is 0.101. The first kappa shape index (κ1) is 23.4. The third-order valence-electron chi connectivity index (χ3n) is 6.64. The third kappa shape index (κ3) is 6.37. The lowest BCUT2D eigenvalue weighted by Crippen LogP contribution is -2.22. The Morgan fingerprint density at radius 3 is 1.83 bits per heavy atom. The molecular formula is C23H42O6. The van der Waals surface area contributed by atoms with Crippen LogP contribution in [0.4, 0.5) is 0 Å². The largest absolute Gasteiger partial charge is 0.379 e. The molecule has 4 rings (SSSR count). The van der Waals surface area contributed by atoms with Crippen molar-refractivity contribution < 1.29 is 28.4 Å². The molecule has 0 aromatic carbocycles. The van der Waals surface area contributed by atoms with Gasteiger partial charge in [0, 0.05) is 19.1 Å². The Bertz CT molecular complexity index is 447. The minimum absolute atomic E-state index is 0.101. The van der Waals surface area contributed by atoms with E-state index >= 15 is 0 Å². The van der Waals surface area contributed by atoms with Gasteiger partial charge in [-0.15, -0.1) is 0 Å². The number of hydrogen-bond acceptors (Lipinski definition) is 6. The van der Waals surface area contributed by atoms with E-state index in [1.54, 1.807) is 0 Å². The molecule has 0 radical (unpaired) electrons. The van der Waals surface area contributed by atoms with E-state index < -0.39 is 0 Å². The molecule has 0 amide bonds. The van der Waals surface area contributed by atoms with Gasteiger partial charge in [0.25, 0.3) is 0 Å². The Hall–Kier alpha value is -0.240. The van der Waals surface area contributed by atoms with Crippen LogP contribution in [0.1, 0.15) is 52.4 Å². The van der Waals surface area contributed by atoms with Crippen molar-refractivity contribution in [2.75, 3.05) is 66.1 Å². The van der Waals surface area contributed by atoms with Crippen LogP contribution in [0.15, 0.2) is 0 Å². The van der Waals surface area contributed by atoms with Gasteiger partial charge in [-0.2, -0.15) is 0 Å². The summed E-state index contributed by atoms with van der Waals surface area (Å²) >= 11 is 0. The van der Waals surface area contributed by atoms with Crippen LogP contribution in [0.2, 0.25) is 0 Å². The molecule has 0 aromatic heterocycles. The molecule has 4 bridgehead atoms. The molecule has 0 saturated heterocycles. The fraction of sp³-hybridized carbons (Fsp3) is 1.00. The van der Waals surface area contributed by atoms with Crippen molar-refractivity contribution in [2.24, 2.45) is 17.8 Å². The lowest BCUT2D eigenvalue weighted by molar-refractivity contribution is -0.0384. The van der Waals surface area contributed by atoms with E-state index in [9.17, 15) is 0 Å². The lowest BCUT2D eigenvalue weighted by Gasteiger charge is -2.16. The molecule has 0 heterocycles. The summed E-state index contributed by atoms with van der Waals surface area (Å²) in [6.45, 7) is 11.4. The van der Waals surface area contributed by atoms with Gasteiger partial charge in [-0.1, -0.05) is 26.7 Å². The quantitative estimate of drug-likeness (QED) is 0.284. The Balaban J connectivity index is 1.17. The molecular weight excluding hydrogens is 372 g/mol. The zero-order valence-electron chi connectivity index (χ0n) is 18.6. The number of rotatable bonds is 20. The van der Waals surface area contributed by atoms with Gasteiger partial charge >= 0.3 is 0 Å². The maximum Gasteiger partial charge on any atom is 0.0776 e. The highest BCUT2D eigenvalue weighted by molar-refractivity contribution is 5.29. The highest BCUT2D eigenvalue weighted by Gasteiger charge is 2.80. The minimum Gasteiger partial charge on any atom is -0.379 e. The van der Waals surface area contributed by atoms with Gasteiger partial charge in [-0.25, -0.2) is 0 Å². The van der Waals surface area contributed by atoms with Crippen LogP contribution in [-0.4, -0.2) is 77.8 Å². The zero-order chi connectivity index (χ0) is 20.4. The Morgan fingerprint density at radius 2 is 1.24 bits per heavy atom. The lowest BCUT2D eigenvalue weighted by atomic mass is 10.1. The molecule has 6 heteroatoms. The molecule has 6 nitrogen and oxygen atoms in total. The van der Waals surface area contributed by atoms with E-state index in [1.165, 1.54) is 25.7 Å². The first-order valence-corrected chi connectivity index (χ1v) is 11.9. The summed E-state index contributed by atoms with van der Waals surface area (Å²) in [4.78, 5) is 0. The van der Waals surface area contributed by atoms with Gasteiger partial charge in [-0.3, -0.25) is 0 Å². The van der Waals surface area contributed by atoms with E-state index in [-0.39, 0.29) is 5.60 Å². The predicted octanol–water partition coefficient (Wildman–Crippen LogP) is 3.46. The van der Waals surface area contributed by atoms with Crippen LogP contribution in [0, 0.1) is 17.8 Å². The van der Waals surface area contributed by atoms with Crippen molar-refractivity contribution in [1.82, 2.24) is 0 Å². The van der Waals surface area contributed by atoms with Crippen LogP contribution in [0.3, 0.4) is 0 Å². The van der Waals surface area contributed by atoms with Crippen molar-refractivity contribution in [3.05, 3.63) is 0 Å². The molecule has 4 aliphatic carbocycles. The van der Waals surface area contributed by atoms with E-state index in [2.05, 4.69) is 13.8 Å². The fourth-order valence-corrected chi connectivity index (χ4v) is 5.20. The summed E-state index contributed by atoms with van der Waals surface area (Å²) < 4.78 is 34.7. The highest BCUT2D eigenvalue weighted by atomic mass is 16.6. The van der Waals surface area contributed by atoms with E-state index in [4.69, 9.17) is 28.4 Å². The van der Waals surface area contributed by atoms with Crippen molar-refractivity contribution in [2.45, 2.75) is 64.1 Å². The molecule has 0 spiro atoms. The molecule has 0 aromatic rings. The Kier molecular flexibility index (Phi) is 10.2. The average molecular weight is 415 g/mol. The standard InChI is InChI=1S/C23H42O6/c1-3-5-7-24-9-11-26-13-15-28-22-19-17-20-21(22)23(20,18-19)29-16-14-27-12-10-25-8-6-4-2/h19-22H,3-18H2,1-2H3. The summed E-state index contributed by atoms with van der Waals surface area (Å²) in [5.74, 6) is 1.99. The SMILES string of the molecule is CCCCOCCOCCOC1C2CC3C1C3(OCCOCCOCCCC)C2. The summed E-state index contributed by atoms with van der Waals surface area (Å²) in [5, 5.41) is 0. The van der Waals surface area contributed by atoms with E-state index in [1.807, 2.05) is 0 Å². The monoisotopic (exact) mass is 414 g/mol. The number of unbranched alkanes of at least 4 members (excludes halogenated alkanes) is 2. The maximum atomic E-state index is 6.29. The second-order valence-electron chi connectivity index (χ2n) is 8.63. The second kappa shape index (κ2) is 12.6. The van der Waals surface area contributed by atoms with E-state index in [0.29, 0.717) is 76.7 Å². The Morgan fingerprint density at radius 1 is 0.690 bits per heavy atom. The molecule has 4 fully saturated rings. The van der Waals surface area contributed by atoms with Gasteiger partial charge in [0.1, 0.15) is 0 Å². The normalized spacial score (nSPS) is 31.7. The highest BCUT2D eigenvalue weighted by Crippen LogP contribution is 2.75. The molecule has 29 heavy (non-hydrogen) atoms. The van der Waals surface area contributed by atoms with Crippen LogP contribution in [0.5, 0.6) is 0 Å². The van der Waals surface area contributed by atoms with Crippen LogP contribution in [-0.2, 0) is 28.4 Å². The molecule has 4 saturated carbocycles. The summed E-state index contributed by atoms with van der Waals surface area (Å²) in [5.41, 5.74) is 0.101. The van der Waals surface area contributed by atoms with E-state index in [0.717, 1.165) is 26.1 Å². The van der Waals surface area contributed by atoms with Gasteiger partial charge in [0.05, 0.1) is 64.6 Å². The first-order chi connectivity index (χ1) is 14.3. The number of ether oxygens (including phenoxy) is 6. The molecule has 0 aliphatic heterocycles. The van der Waals surface area contributed by atoms with Gasteiger partial charge in [-0.05, 0) is 37.5 Å². The smallest absolute Gasteiger partial charge is 0.0776 e. The average Bonchev–Trinajstić information content (AvgIpc) is 3.05. The van der Waals surface area contributed by atoms with Crippen LogP contribution in [0.25, 0.3) is 0 Å².